The molecule has 0 aromatic carbocycles. The van der Waals surface area contributed by atoms with Crippen LogP contribution >= 0.6 is 0 Å². The highest BCUT2D eigenvalue weighted by Gasteiger charge is 2.08. The molecule has 4 heteroatoms. The fourth-order valence-electron chi connectivity index (χ4n) is 1.42. The van der Waals surface area contributed by atoms with Crippen molar-refractivity contribution in [3.63, 3.8) is 0 Å². The topological polar surface area (TPSA) is 71.8 Å². The van der Waals surface area contributed by atoms with Gasteiger partial charge < -0.3 is 10.7 Å². The van der Waals surface area contributed by atoms with Crippen molar-refractivity contribution in [2.45, 2.75) is 39.7 Å². The van der Waals surface area contributed by atoms with Gasteiger partial charge >= 0.3 is 0 Å². The van der Waals surface area contributed by atoms with Crippen LogP contribution in [0.1, 0.15) is 44.8 Å². The van der Waals surface area contributed by atoms with Crippen LogP contribution in [0.4, 0.5) is 0 Å². The lowest BCUT2D eigenvalue weighted by molar-refractivity contribution is 0.604. The van der Waals surface area contributed by atoms with Crippen LogP contribution in [0.3, 0.4) is 0 Å². The van der Waals surface area contributed by atoms with Gasteiger partial charge in [0.15, 0.2) is 0 Å². The zero-order valence-electron chi connectivity index (χ0n) is 9.58. The third-order valence-electron chi connectivity index (χ3n) is 2.22. The predicted octanol–water partition coefficient (Wildman–Crippen LogP) is 1.38. The molecule has 4 nitrogen and oxygen atoms in total. The molecule has 0 aliphatic heterocycles. The highest BCUT2D eigenvalue weighted by molar-refractivity contribution is 5.05. The van der Waals surface area contributed by atoms with E-state index in [-0.39, 0.29) is 11.6 Å². The molecule has 15 heavy (non-hydrogen) atoms. The summed E-state index contributed by atoms with van der Waals surface area (Å²) in [7, 11) is 0. The average molecular weight is 209 g/mol. The maximum Gasteiger partial charge on any atom is 0.251 e. The van der Waals surface area contributed by atoms with Crippen LogP contribution in [0.2, 0.25) is 0 Å². The molecule has 1 unspecified atom stereocenters. The number of nitrogens with two attached hydrogens (primary N) is 1. The Morgan fingerprint density at radius 1 is 1.53 bits per heavy atom. The maximum absolute atomic E-state index is 11.4. The van der Waals surface area contributed by atoms with Gasteiger partial charge in [0, 0.05) is 11.8 Å². The van der Waals surface area contributed by atoms with Crippen molar-refractivity contribution in [2.24, 2.45) is 11.7 Å². The molecule has 0 saturated heterocycles. The lowest BCUT2D eigenvalue weighted by atomic mass is 10.1. The number of rotatable bonds is 4. The first-order valence-electron chi connectivity index (χ1n) is 5.38. The molecule has 1 heterocycles. The molecule has 0 aliphatic rings. The number of hydrogen-bond donors (Lipinski definition) is 2. The van der Waals surface area contributed by atoms with Crippen LogP contribution in [0, 0.1) is 5.92 Å². The Morgan fingerprint density at radius 2 is 2.20 bits per heavy atom. The summed E-state index contributed by atoms with van der Waals surface area (Å²) in [5, 5.41) is 0. The molecule has 1 atom stereocenters. The number of nitrogens with zero attached hydrogens (tertiary/aromatic N) is 1. The van der Waals surface area contributed by atoms with Crippen molar-refractivity contribution in [1.29, 1.82) is 0 Å². The molecule has 3 N–H and O–H groups in total. The molecule has 1 rings (SSSR count). The lowest BCUT2D eigenvalue weighted by Gasteiger charge is -2.10. The van der Waals surface area contributed by atoms with Crippen LogP contribution in [0.5, 0.6) is 0 Å². The maximum atomic E-state index is 11.4. The number of aromatic amines is 1. The number of H-pyrrole nitrogens is 1. The molecule has 0 saturated carbocycles. The van der Waals surface area contributed by atoms with E-state index in [1.807, 2.05) is 6.92 Å². The van der Waals surface area contributed by atoms with Crippen molar-refractivity contribution >= 4 is 0 Å². The molecule has 1 aromatic heterocycles. The van der Waals surface area contributed by atoms with Crippen LogP contribution < -0.4 is 11.3 Å². The van der Waals surface area contributed by atoms with Gasteiger partial charge in [-0.05, 0) is 18.8 Å². The lowest BCUT2D eigenvalue weighted by Crippen LogP contribution is -2.20. The Labute approximate surface area is 89.9 Å². The highest BCUT2D eigenvalue weighted by atomic mass is 16.1. The van der Waals surface area contributed by atoms with Crippen LogP contribution in [-0.2, 0) is 6.42 Å². The van der Waals surface area contributed by atoms with E-state index in [2.05, 4.69) is 23.8 Å². The van der Waals surface area contributed by atoms with Crippen molar-refractivity contribution in [3.8, 4) is 0 Å². The number of nitrogens with one attached hydrogen (secondary N) is 1. The molecular weight excluding hydrogens is 190 g/mol. The van der Waals surface area contributed by atoms with Crippen LogP contribution in [0.25, 0.3) is 0 Å². The van der Waals surface area contributed by atoms with Gasteiger partial charge in [0.1, 0.15) is 5.82 Å². The smallest absolute Gasteiger partial charge is 0.251 e. The molecule has 0 fully saturated rings. The third kappa shape index (κ3) is 3.47. The fraction of sp³-hybridized carbons (Fsp3) is 0.636. The summed E-state index contributed by atoms with van der Waals surface area (Å²) in [6, 6.07) is 1.37. The molecule has 0 spiro atoms. The monoisotopic (exact) mass is 209 g/mol. The van der Waals surface area contributed by atoms with E-state index in [4.69, 9.17) is 5.73 Å². The van der Waals surface area contributed by atoms with Gasteiger partial charge in [-0.2, -0.15) is 0 Å². The van der Waals surface area contributed by atoms with E-state index >= 15 is 0 Å². The summed E-state index contributed by atoms with van der Waals surface area (Å²) >= 11 is 0. The minimum Gasteiger partial charge on any atom is -0.321 e. The van der Waals surface area contributed by atoms with E-state index < -0.39 is 0 Å². The molecular formula is C11H19N3O. The average Bonchev–Trinajstić information content (AvgIpc) is 2.14. The van der Waals surface area contributed by atoms with Gasteiger partial charge in [0.2, 0.25) is 0 Å². The standard InChI is InChI=1S/C11H19N3O/c1-4-9(12)11-13-8(5-7(2)3)6-10(15)14-11/h6-7,9H,4-5,12H2,1-3H3,(H,13,14,15). The quantitative estimate of drug-likeness (QED) is 0.786. The minimum atomic E-state index is -0.176. The summed E-state index contributed by atoms with van der Waals surface area (Å²) in [6.07, 6.45) is 1.58. The van der Waals surface area contributed by atoms with Crippen molar-refractivity contribution in [1.82, 2.24) is 9.97 Å². The van der Waals surface area contributed by atoms with Crippen molar-refractivity contribution in [3.05, 3.63) is 27.9 Å². The molecule has 0 aliphatic carbocycles. The van der Waals surface area contributed by atoms with Gasteiger partial charge in [-0.15, -0.1) is 0 Å². The molecule has 0 radical (unpaired) electrons. The Hall–Kier alpha value is -1.16. The first-order valence-corrected chi connectivity index (χ1v) is 5.38. The number of aromatic nitrogens is 2. The predicted molar refractivity (Wildman–Crippen MR) is 60.6 cm³/mol. The van der Waals surface area contributed by atoms with Gasteiger partial charge in [-0.25, -0.2) is 4.98 Å². The Kier molecular flexibility index (Phi) is 4.03. The minimum absolute atomic E-state index is 0.112. The SMILES string of the molecule is CCC(N)c1nc(CC(C)C)cc(=O)[nH]1. The third-order valence-corrected chi connectivity index (χ3v) is 2.22. The molecule has 84 valence electrons. The summed E-state index contributed by atoms with van der Waals surface area (Å²) in [6.45, 7) is 6.17. The number of hydrogen-bond acceptors (Lipinski definition) is 3. The van der Waals surface area contributed by atoms with Gasteiger partial charge in [-0.3, -0.25) is 4.79 Å². The Morgan fingerprint density at radius 3 is 2.73 bits per heavy atom. The van der Waals surface area contributed by atoms with Gasteiger partial charge in [0.05, 0.1) is 6.04 Å². The summed E-state index contributed by atoms with van der Waals surface area (Å²) in [5.41, 5.74) is 6.55. The van der Waals surface area contributed by atoms with Gasteiger partial charge in [0.25, 0.3) is 5.56 Å². The van der Waals surface area contributed by atoms with Gasteiger partial charge in [-0.1, -0.05) is 20.8 Å². The zero-order valence-corrected chi connectivity index (χ0v) is 9.58. The highest BCUT2D eigenvalue weighted by Crippen LogP contribution is 2.09. The zero-order chi connectivity index (χ0) is 11.4. The normalized spacial score (nSPS) is 13.1. The van der Waals surface area contributed by atoms with Crippen molar-refractivity contribution in [2.75, 3.05) is 0 Å². The molecule has 1 aromatic rings. The Balaban J connectivity index is 3.00. The van der Waals surface area contributed by atoms with E-state index in [1.54, 1.807) is 6.07 Å². The van der Waals surface area contributed by atoms with E-state index in [0.717, 1.165) is 18.5 Å². The molecule has 0 amide bonds. The largest absolute Gasteiger partial charge is 0.321 e. The van der Waals surface area contributed by atoms with E-state index in [9.17, 15) is 4.79 Å². The Bertz CT molecular complexity index is 370. The van der Waals surface area contributed by atoms with Crippen molar-refractivity contribution < 1.29 is 0 Å². The van der Waals surface area contributed by atoms with E-state index in [0.29, 0.717) is 11.7 Å². The molecule has 0 bridgehead atoms. The first kappa shape index (κ1) is 11.9. The fourth-order valence-corrected chi connectivity index (χ4v) is 1.42. The van der Waals surface area contributed by atoms with E-state index in [1.165, 1.54) is 0 Å². The summed E-state index contributed by atoms with van der Waals surface area (Å²) in [4.78, 5) is 18.4. The first-order chi connectivity index (χ1) is 7.02. The second-order valence-corrected chi connectivity index (χ2v) is 4.23. The summed E-state index contributed by atoms with van der Waals surface area (Å²) in [5.74, 6) is 1.09. The van der Waals surface area contributed by atoms with Crippen LogP contribution in [0.15, 0.2) is 10.9 Å². The second kappa shape index (κ2) is 5.07. The van der Waals surface area contributed by atoms with Crippen LogP contribution in [-0.4, -0.2) is 9.97 Å². The second-order valence-electron chi connectivity index (χ2n) is 4.23. The summed E-state index contributed by atoms with van der Waals surface area (Å²) < 4.78 is 0.